The van der Waals surface area contributed by atoms with Gasteiger partial charge in [-0.3, -0.25) is 0 Å². The Morgan fingerprint density at radius 3 is 3.08 bits per heavy atom. The standard InChI is InChI=1S/C10H14ClNO/c11-9-3-1-8(2-4-9)7-10(12)5-6-13/h1,3-4,6,8,10H,2,5,7,12H2/t8?,10-/m0/s1. The minimum absolute atomic E-state index is 0.0163. The first-order valence-corrected chi connectivity index (χ1v) is 4.83. The topological polar surface area (TPSA) is 43.1 Å². The molecule has 2 atom stereocenters. The first-order chi connectivity index (χ1) is 6.22. The van der Waals surface area contributed by atoms with E-state index in [1.54, 1.807) is 0 Å². The van der Waals surface area contributed by atoms with E-state index in [2.05, 4.69) is 6.08 Å². The van der Waals surface area contributed by atoms with Crippen molar-refractivity contribution in [3.05, 3.63) is 23.3 Å². The smallest absolute Gasteiger partial charge is 0.121 e. The predicted octanol–water partition coefficient (Wildman–Crippen LogP) is 1.99. The Kier molecular flexibility index (Phi) is 4.19. The van der Waals surface area contributed by atoms with Crippen LogP contribution in [0.2, 0.25) is 0 Å². The van der Waals surface area contributed by atoms with Crippen molar-refractivity contribution in [2.45, 2.75) is 25.3 Å². The minimum atomic E-state index is -0.0163. The van der Waals surface area contributed by atoms with Gasteiger partial charge in [0.25, 0.3) is 0 Å². The molecule has 2 N–H and O–H groups in total. The highest BCUT2D eigenvalue weighted by Gasteiger charge is 2.12. The molecule has 0 aliphatic heterocycles. The van der Waals surface area contributed by atoms with E-state index in [1.165, 1.54) is 0 Å². The van der Waals surface area contributed by atoms with E-state index in [0.717, 1.165) is 24.2 Å². The lowest BCUT2D eigenvalue weighted by atomic mass is 9.93. The fraction of sp³-hybridized carbons (Fsp3) is 0.500. The zero-order chi connectivity index (χ0) is 9.68. The van der Waals surface area contributed by atoms with Crippen molar-refractivity contribution in [2.24, 2.45) is 11.7 Å². The van der Waals surface area contributed by atoms with Crippen LogP contribution in [0.15, 0.2) is 23.3 Å². The molecule has 1 aliphatic carbocycles. The summed E-state index contributed by atoms with van der Waals surface area (Å²) in [5.41, 5.74) is 5.73. The van der Waals surface area contributed by atoms with E-state index in [1.807, 2.05) is 12.2 Å². The van der Waals surface area contributed by atoms with E-state index >= 15 is 0 Å². The highest BCUT2D eigenvalue weighted by atomic mass is 35.5. The van der Waals surface area contributed by atoms with Gasteiger partial charge < -0.3 is 10.5 Å². The third-order valence-corrected chi connectivity index (χ3v) is 2.43. The van der Waals surface area contributed by atoms with Crippen molar-refractivity contribution in [2.75, 3.05) is 0 Å². The zero-order valence-electron chi connectivity index (χ0n) is 7.45. The van der Waals surface area contributed by atoms with E-state index in [0.29, 0.717) is 12.3 Å². The second-order valence-electron chi connectivity index (χ2n) is 3.34. The number of hydrogen-bond donors (Lipinski definition) is 1. The van der Waals surface area contributed by atoms with Crippen LogP contribution in [-0.4, -0.2) is 12.3 Å². The number of nitrogens with two attached hydrogens (primary N) is 1. The molecule has 0 saturated carbocycles. The van der Waals surface area contributed by atoms with Crippen LogP contribution >= 0.6 is 11.6 Å². The summed E-state index contributed by atoms with van der Waals surface area (Å²) in [6.07, 6.45) is 9.05. The molecular formula is C10H14ClNO. The number of carbonyl (C=O) groups is 1. The summed E-state index contributed by atoms with van der Waals surface area (Å²) in [5.74, 6) is 0.442. The molecular weight excluding hydrogens is 186 g/mol. The summed E-state index contributed by atoms with van der Waals surface area (Å²) in [5, 5.41) is 0.792. The summed E-state index contributed by atoms with van der Waals surface area (Å²) in [6, 6.07) is -0.0163. The molecule has 0 heterocycles. The van der Waals surface area contributed by atoms with Crippen molar-refractivity contribution in [3.63, 3.8) is 0 Å². The molecule has 0 aromatic heterocycles. The van der Waals surface area contributed by atoms with Crippen LogP contribution in [-0.2, 0) is 4.79 Å². The van der Waals surface area contributed by atoms with E-state index in [-0.39, 0.29) is 6.04 Å². The number of rotatable bonds is 4. The van der Waals surface area contributed by atoms with Crippen LogP contribution in [0.25, 0.3) is 0 Å². The van der Waals surface area contributed by atoms with Gasteiger partial charge in [0, 0.05) is 17.5 Å². The number of carbonyl (C=O) groups excluding carboxylic acids is 1. The van der Waals surface area contributed by atoms with Gasteiger partial charge in [0.1, 0.15) is 6.29 Å². The van der Waals surface area contributed by atoms with Crippen molar-refractivity contribution >= 4 is 17.9 Å². The van der Waals surface area contributed by atoms with Gasteiger partial charge in [0.2, 0.25) is 0 Å². The maximum atomic E-state index is 10.2. The van der Waals surface area contributed by atoms with Crippen LogP contribution in [0.5, 0.6) is 0 Å². The molecule has 0 aromatic rings. The Bertz CT molecular complexity index is 235. The van der Waals surface area contributed by atoms with Crippen molar-refractivity contribution in [1.29, 1.82) is 0 Å². The minimum Gasteiger partial charge on any atom is -0.327 e. The van der Waals surface area contributed by atoms with E-state index in [4.69, 9.17) is 17.3 Å². The van der Waals surface area contributed by atoms with Crippen LogP contribution in [0.3, 0.4) is 0 Å². The Labute approximate surface area is 83.4 Å². The summed E-state index contributed by atoms with van der Waals surface area (Å²) >= 11 is 5.77. The Morgan fingerprint density at radius 2 is 2.54 bits per heavy atom. The van der Waals surface area contributed by atoms with Gasteiger partial charge in [-0.2, -0.15) is 0 Å². The highest BCUT2D eigenvalue weighted by molar-refractivity contribution is 6.31. The molecule has 13 heavy (non-hydrogen) atoms. The first kappa shape index (κ1) is 10.5. The number of hydrogen-bond acceptors (Lipinski definition) is 2. The maximum Gasteiger partial charge on any atom is 0.121 e. The molecule has 0 spiro atoms. The average Bonchev–Trinajstić information content (AvgIpc) is 2.09. The lowest BCUT2D eigenvalue weighted by Gasteiger charge is -2.17. The molecule has 0 fully saturated rings. The Morgan fingerprint density at radius 1 is 1.77 bits per heavy atom. The fourth-order valence-corrected chi connectivity index (χ4v) is 1.58. The molecule has 1 rings (SSSR count). The highest BCUT2D eigenvalue weighted by Crippen LogP contribution is 2.22. The van der Waals surface area contributed by atoms with E-state index < -0.39 is 0 Å². The molecule has 0 amide bonds. The van der Waals surface area contributed by atoms with Crippen molar-refractivity contribution in [1.82, 2.24) is 0 Å². The predicted molar refractivity (Wildman–Crippen MR) is 54.5 cm³/mol. The monoisotopic (exact) mass is 199 g/mol. The number of aldehydes is 1. The van der Waals surface area contributed by atoms with Gasteiger partial charge in [0.05, 0.1) is 0 Å². The second-order valence-corrected chi connectivity index (χ2v) is 3.78. The molecule has 2 nitrogen and oxygen atoms in total. The van der Waals surface area contributed by atoms with Crippen LogP contribution in [0.4, 0.5) is 0 Å². The van der Waals surface area contributed by atoms with Crippen LogP contribution in [0, 0.1) is 5.92 Å². The first-order valence-electron chi connectivity index (χ1n) is 4.45. The molecule has 72 valence electrons. The Hall–Kier alpha value is -0.600. The number of halogens is 1. The van der Waals surface area contributed by atoms with Gasteiger partial charge in [-0.05, 0) is 24.8 Å². The van der Waals surface area contributed by atoms with Crippen LogP contribution in [0.1, 0.15) is 19.3 Å². The zero-order valence-corrected chi connectivity index (χ0v) is 8.20. The molecule has 0 radical (unpaired) electrons. The summed E-state index contributed by atoms with van der Waals surface area (Å²) in [7, 11) is 0. The average molecular weight is 200 g/mol. The van der Waals surface area contributed by atoms with Gasteiger partial charge in [-0.15, -0.1) is 0 Å². The summed E-state index contributed by atoms with van der Waals surface area (Å²) < 4.78 is 0. The molecule has 0 saturated heterocycles. The van der Waals surface area contributed by atoms with Gasteiger partial charge in [0.15, 0.2) is 0 Å². The van der Waals surface area contributed by atoms with Gasteiger partial charge in [-0.1, -0.05) is 23.8 Å². The lowest BCUT2D eigenvalue weighted by molar-refractivity contribution is -0.108. The quantitative estimate of drug-likeness (QED) is 0.704. The molecule has 1 unspecified atom stereocenters. The SMILES string of the molecule is N[C@@H](CC=O)CC1C=CC(Cl)=CC1. The fourth-order valence-electron chi connectivity index (χ4n) is 1.42. The van der Waals surface area contributed by atoms with Crippen molar-refractivity contribution in [3.8, 4) is 0 Å². The lowest BCUT2D eigenvalue weighted by Crippen LogP contribution is -2.23. The van der Waals surface area contributed by atoms with Crippen LogP contribution < -0.4 is 5.73 Å². The van der Waals surface area contributed by atoms with E-state index in [9.17, 15) is 4.79 Å². The molecule has 0 aromatic carbocycles. The maximum absolute atomic E-state index is 10.2. The second kappa shape index (κ2) is 5.20. The summed E-state index contributed by atoms with van der Waals surface area (Å²) in [6.45, 7) is 0. The normalized spacial score (nSPS) is 23.8. The van der Waals surface area contributed by atoms with Gasteiger partial charge >= 0.3 is 0 Å². The molecule has 3 heteroatoms. The largest absolute Gasteiger partial charge is 0.327 e. The van der Waals surface area contributed by atoms with Gasteiger partial charge in [-0.25, -0.2) is 0 Å². The third kappa shape index (κ3) is 3.75. The molecule has 1 aliphatic rings. The molecule has 0 bridgehead atoms. The third-order valence-electron chi connectivity index (χ3n) is 2.15. The van der Waals surface area contributed by atoms with Crippen molar-refractivity contribution < 1.29 is 4.79 Å². The summed E-state index contributed by atoms with van der Waals surface area (Å²) in [4.78, 5) is 10.2. The Balaban J connectivity index is 2.32. The number of allylic oxidation sites excluding steroid dienone is 4.